The maximum atomic E-state index is 12.2. The fraction of sp³-hybridized carbons (Fsp3) is 0.938. The third kappa shape index (κ3) is 5.15. The Morgan fingerprint density at radius 1 is 1.29 bits per heavy atom. The number of hydrogen-bond donors (Lipinski definition) is 2. The topological polar surface area (TPSA) is 55.8 Å². The molecule has 5 heteroatoms. The minimum absolute atomic E-state index is 0.0138. The van der Waals surface area contributed by atoms with Crippen molar-refractivity contribution in [1.29, 1.82) is 0 Å². The lowest BCUT2D eigenvalue weighted by Crippen LogP contribution is -2.48. The molecular formula is C16H31N3O2. The number of urea groups is 1. The Morgan fingerprint density at radius 3 is 2.43 bits per heavy atom. The van der Waals surface area contributed by atoms with Crippen LogP contribution in [0.2, 0.25) is 0 Å². The quantitative estimate of drug-likeness (QED) is 0.784. The number of amides is 2. The summed E-state index contributed by atoms with van der Waals surface area (Å²) in [6.07, 6.45) is 7.29. The van der Waals surface area contributed by atoms with Crippen LogP contribution in [0, 0.1) is 5.41 Å². The standard InChI is InChI=1S/C16H31N3O2/c1-14(11-19-9-5-3-4-6-10-19)17-15(21)18(2)12-16(13-20)7-8-16/h14,20H,3-13H2,1-2H3,(H,17,21). The number of rotatable bonds is 6. The van der Waals surface area contributed by atoms with Crippen LogP contribution in [-0.4, -0.2) is 66.8 Å². The van der Waals surface area contributed by atoms with Crippen LogP contribution in [0.1, 0.15) is 45.4 Å². The number of likely N-dealkylation sites (tertiary alicyclic amines) is 1. The van der Waals surface area contributed by atoms with Crippen LogP contribution in [0.15, 0.2) is 0 Å². The molecule has 2 N–H and O–H groups in total. The Balaban J connectivity index is 1.70. The highest BCUT2D eigenvalue weighted by Crippen LogP contribution is 2.45. The lowest BCUT2D eigenvalue weighted by atomic mass is 10.1. The minimum atomic E-state index is -0.0166. The van der Waals surface area contributed by atoms with Gasteiger partial charge >= 0.3 is 6.03 Å². The van der Waals surface area contributed by atoms with Gasteiger partial charge in [-0.1, -0.05) is 12.8 Å². The van der Waals surface area contributed by atoms with Crippen LogP contribution in [0.4, 0.5) is 4.79 Å². The van der Waals surface area contributed by atoms with Crippen LogP contribution in [0.5, 0.6) is 0 Å². The van der Waals surface area contributed by atoms with E-state index in [-0.39, 0.29) is 24.1 Å². The summed E-state index contributed by atoms with van der Waals surface area (Å²) in [5.41, 5.74) is -0.0138. The normalized spacial score (nSPS) is 23.2. The highest BCUT2D eigenvalue weighted by atomic mass is 16.3. The number of aliphatic hydroxyl groups excluding tert-OH is 1. The number of aliphatic hydroxyl groups is 1. The first-order valence-corrected chi connectivity index (χ1v) is 8.39. The van der Waals surface area contributed by atoms with E-state index in [1.54, 1.807) is 4.90 Å². The summed E-state index contributed by atoms with van der Waals surface area (Å²) in [5, 5.41) is 12.4. The maximum Gasteiger partial charge on any atom is 0.317 e. The van der Waals surface area contributed by atoms with Crippen molar-refractivity contribution in [1.82, 2.24) is 15.1 Å². The van der Waals surface area contributed by atoms with Gasteiger partial charge in [-0.15, -0.1) is 0 Å². The fourth-order valence-corrected chi connectivity index (χ4v) is 3.19. The average Bonchev–Trinajstić information content (AvgIpc) is 3.24. The fourth-order valence-electron chi connectivity index (χ4n) is 3.19. The van der Waals surface area contributed by atoms with Gasteiger partial charge in [0.2, 0.25) is 0 Å². The molecule has 0 aromatic carbocycles. The molecule has 0 bridgehead atoms. The largest absolute Gasteiger partial charge is 0.396 e. The Morgan fingerprint density at radius 2 is 1.90 bits per heavy atom. The molecule has 0 radical (unpaired) electrons. The Kier molecular flexibility index (Phi) is 5.88. The first-order chi connectivity index (χ1) is 10.0. The smallest absolute Gasteiger partial charge is 0.317 e. The third-order valence-electron chi connectivity index (χ3n) is 4.81. The number of nitrogens with one attached hydrogen (secondary N) is 1. The van der Waals surface area contributed by atoms with Crippen molar-refractivity contribution >= 4 is 6.03 Å². The van der Waals surface area contributed by atoms with Gasteiger partial charge in [0.15, 0.2) is 0 Å². The van der Waals surface area contributed by atoms with Gasteiger partial charge < -0.3 is 20.2 Å². The zero-order valence-electron chi connectivity index (χ0n) is 13.6. The number of hydrogen-bond acceptors (Lipinski definition) is 3. The van der Waals surface area contributed by atoms with Gasteiger partial charge in [-0.05, 0) is 45.7 Å². The van der Waals surface area contributed by atoms with Crippen LogP contribution in [-0.2, 0) is 0 Å². The van der Waals surface area contributed by atoms with E-state index in [1.165, 1.54) is 25.7 Å². The van der Waals surface area contributed by atoms with E-state index < -0.39 is 0 Å². The molecule has 0 aromatic rings. The second-order valence-corrected chi connectivity index (χ2v) is 7.08. The lowest BCUT2D eigenvalue weighted by molar-refractivity contribution is 0.158. The molecule has 1 unspecified atom stereocenters. The molecule has 0 spiro atoms. The van der Waals surface area contributed by atoms with Crippen LogP contribution in [0.25, 0.3) is 0 Å². The summed E-state index contributed by atoms with van der Waals surface area (Å²) in [4.78, 5) is 16.4. The molecular weight excluding hydrogens is 266 g/mol. The molecule has 2 rings (SSSR count). The van der Waals surface area contributed by atoms with E-state index in [2.05, 4.69) is 17.1 Å². The molecule has 1 atom stereocenters. The monoisotopic (exact) mass is 297 g/mol. The summed E-state index contributed by atoms with van der Waals surface area (Å²) < 4.78 is 0. The molecule has 1 aliphatic carbocycles. The van der Waals surface area contributed by atoms with Crippen molar-refractivity contribution < 1.29 is 9.90 Å². The number of carbonyl (C=O) groups is 1. The molecule has 2 amide bonds. The molecule has 122 valence electrons. The molecule has 2 aliphatic rings. The van der Waals surface area contributed by atoms with Gasteiger partial charge in [0.1, 0.15) is 0 Å². The Bertz CT molecular complexity index is 336. The highest BCUT2D eigenvalue weighted by Gasteiger charge is 2.43. The maximum absolute atomic E-state index is 12.2. The van der Waals surface area contributed by atoms with Gasteiger partial charge in [-0.3, -0.25) is 0 Å². The van der Waals surface area contributed by atoms with E-state index in [1.807, 2.05) is 7.05 Å². The van der Waals surface area contributed by atoms with Gasteiger partial charge in [-0.25, -0.2) is 4.79 Å². The van der Waals surface area contributed by atoms with Crippen molar-refractivity contribution in [3.05, 3.63) is 0 Å². The molecule has 2 fully saturated rings. The predicted octanol–water partition coefficient (Wildman–Crippen LogP) is 1.66. The van der Waals surface area contributed by atoms with Crippen molar-refractivity contribution in [2.75, 3.05) is 39.8 Å². The molecule has 0 aromatic heterocycles. The lowest BCUT2D eigenvalue weighted by Gasteiger charge is -2.28. The van der Waals surface area contributed by atoms with Crippen LogP contribution >= 0.6 is 0 Å². The predicted molar refractivity (Wildman–Crippen MR) is 84.3 cm³/mol. The van der Waals surface area contributed by atoms with Gasteiger partial charge in [0, 0.05) is 31.6 Å². The zero-order valence-corrected chi connectivity index (χ0v) is 13.6. The van der Waals surface area contributed by atoms with E-state index in [0.717, 1.165) is 32.5 Å². The van der Waals surface area contributed by atoms with Gasteiger partial charge in [0.05, 0.1) is 6.61 Å². The van der Waals surface area contributed by atoms with Gasteiger partial charge in [0.25, 0.3) is 0 Å². The highest BCUT2D eigenvalue weighted by molar-refractivity contribution is 5.74. The number of nitrogens with zero attached hydrogens (tertiary/aromatic N) is 2. The van der Waals surface area contributed by atoms with E-state index in [4.69, 9.17) is 0 Å². The molecule has 21 heavy (non-hydrogen) atoms. The SMILES string of the molecule is CC(CN1CCCCCC1)NC(=O)N(C)CC1(CO)CC1. The van der Waals surface area contributed by atoms with Gasteiger partial charge in [-0.2, -0.15) is 0 Å². The van der Waals surface area contributed by atoms with Crippen LogP contribution in [0.3, 0.4) is 0 Å². The van der Waals surface area contributed by atoms with Crippen molar-refractivity contribution in [3.8, 4) is 0 Å². The summed E-state index contributed by atoms with van der Waals surface area (Å²) >= 11 is 0. The molecule has 1 saturated carbocycles. The second-order valence-electron chi connectivity index (χ2n) is 7.08. The first kappa shape index (κ1) is 16.6. The third-order valence-corrected chi connectivity index (χ3v) is 4.81. The first-order valence-electron chi connectivity index (χ1n) is 8.39. The average molecular weight is 297 g/mol. The number of carbonyl (C=O) groups excluding carboxylic acids is 1. The summed E-state index contributed by atoms with van der Waals surface area (Å²) in [6.45, 7) is 6.17. The second kappa shape index (κ2) is 7.45. The van der Waals surface area contributed by atoms with E-state index in [9.17, 15) is 9.90 Å². The van der Waals surface area contributed by atoms with E-state index >= 15 is 0 Å². The van der Waals surface area contributed by atoms with Crippen molar-refractivity contribution in [2.24, 2.45) is 5.41 Å². The summed E-state index contributed by atoms with van der Waals surface area (Å²) in [7, 11) is 1.82. The zero-order chi connectivity index (χ0) is 15.3. The van der Waals surface area contributed by atoms with E-state index in [0.29, 0.717) is 6.54 Å². The summed E-state index contributed by atoms with van der Waals surface area (Å²) in [5.74, 6) is 0. The van der Waals surface area contributed by atoms with Crippen LogP contribution < -0.4 is 5.32 Å². The Hall–Kier alpha value is -0.810. The van der Waals surface area contributed by atoms with Crippen molar-refractivity contribution in [3.63, 3.8) is 0 Å². The van der Waals surface area contributed by atoms with Crippen molar-refractivity contribution in [2.45, 2.75) is 51.5 Å². The molecule has 1 heterocycles. The molecule has 1 aliphatic heterocycles. The minimum Gasteiger partial charge on any atom is -0.396 e. The molecule has 5 nitrogen and oxygen atoms in total. The molecule has 1 saturated heterocycles. The summed E-state index contributed by atoms with van der Waals surface area (Å²) in [6, 6.07) is 0.152. The Labute approximate surface area is 128 Å².